The molecule has 1 aliphatic rings. The van der Waals surface area contributed by atoms with Gasteiger partial charge in [-0.15, -0.1) is 0 Å². The average Bonchev–Trinajstić information content (AvgIpc) is 2.97. The maximum absolute atomic E-state index is 12.8. The number of nitrogens with one attached hydrogen (secondary N) is 1. The summed E-state index contributed by atoms with van der Waals surface area (Å²) in [5, 5.41) is 3.49. The van der Waals surface area contributed by atoms with Gasteiger partial charge < -0.3 is 10.2 Å². The zero-order valence-electron chi connectivity index (χ0n) is 16.7. The van der Waals surface area contributed by atoms with E-state index in [-0.39, 0.29) is 10.8 Å². The van der Waals surface area contributed by atoms with E-state index in [4.69, 9.17) is 11.6 Å². The molecule has 6 nitrogen and oxygen atoms in total. The van der Waals surface area contributed by atoms with Gasteiger partial charge in [-0.25, -0.2) is 12.7 Å². The number of benzene rings is 2. The molecule has 1 N–H and O–H groups in total. The van der Waals surface area contributed by atoms with Gasteiger partial charge in [0.05, 0.1) is 16.3 Å². The lowest BCUT2D eigenvalue weighted by atomic mass is 10.2. The highest BCUT2D eigenvalue weighted by Gasteiger charge is 2.19. The van der Waals surface area contributed by atoms with Crippen LogP contribution in [0.2, 0.25) is 5.02 Å². The molecule has 1 heterocycles. The summed E-state index contributed by atoms with van der Waals surface area (Å²) >= 11 is 6.18. The second-order valence-corrected chi connectivity index (χ2v) is 9.92. The minimum Gasteiger partial charge on any atom is -0.370 e. The van der Waals surface area contributed by atoms with Gasteiger partial charge in [0, 0.05) is 37.8 Å². The Balaban J connectivity index is 1.82. The molecule has 8 heteroatoms. The molecule has 0 bridgehead atoms. The first-order valence-corrected chi connectivity index (χ1v) is 11.5. The van der Waals surface area contributed by atoms with Crippen LogP contribution in [0.4, 0.5) is 11.4 Å². The summed E-state index contributed by atoms with van der Waals surface area (Å²) in [4.78, 5) is 15.2. The maximum atomic E-state index is 12.8. The SMILES string of the molecule is CN(C)S(=O)(=O)c1ccc(C(=O)Nc2cc(Cl)ccc2N2CCCCCC2)cc1. The highest BCUT2D eigenvalue weighted by molar-refractivity contribution is 7.89. The van der Waals surface area contributed by atoms with Gasteiger partial charge in [0.2, 0.25) is 10.0 Å². The van der Waals surface area contributed by atoms with Crippen LogP contribution < -0.4 is 10.2 Å². The average molecular weight is 436 g/mol. The predicted octanol–water partition coefficient (Wildman–Crippen LogP) is 4.22. The Labute approximate surface area is 177 Å². The van der Waals surface area contributed by atoms with Crippen LogP contribution in [0.1, 0.15) is 36.0 Å². The molecule has 0 radical (unpaired) electrons. The number of carbonyl (C=O) groups is 1. The number of sulfonamides is 1. The largest absolute Gasteiger partial charge is 0.370 e. The lowest BCUT2D eigenvalue weighted by Gasteiger charge is -2.25. The molecule has 3 rings (SSSR count). The predicted molar refractivity (Wildman–Crippen MR) is 117 cm³/mol. The normalized spacial score (nSPS) is 15.2. The van der Waals surface area contributed by atoms with Crippen LogP contribution in [0, 0.1) is 0 Å². The lowest BCUT2D eigenvalue weighted by Crippen LogP contribution is -2.25. The highest BCUT2D eigenvalue weighted by atomic mass is 35.5. The van der Waals surface area contributed by atoms with Gasteiger partial charge in [-0.05, 0) is 55.3 Å². The van der Waals surface area contributed by atoms with Gasteiger partial charge in [-0.2, -0.15) is 0 Å². The Hall–Kier alpha value is -2.09. The van der Waals surface area contributed by atoms with Crippen molar-refractivity contribution in [1.82, 2.24) is 4.31 Å². The molecule has 0 saturated carbocycles. The fraction of sp³-hybridized carbons (Fsp3) is 0.381. The minimum absolute atomic E-state index is 0.145. The monoisotopic (exact) mass is 435 g/mol. The maximum Gasteiger partial charge on any atom is 0.255 e. The van der Waals surface area contributed by atoms with Crippen LogP contribution in [-0.2, 0) is 10.0 Å². The van der Waals surface area contributed by atoms with Crippen LogP contribution in [0.3, 0.4) is 0 Å². The zero-order valence-corrected chi connectivity index (χ0v) is 18.3. The minimum atomic E-state index is -3.53. The molecule has 1 amide bonds. The molecule has 0 aromatic heterocycles. The van der Waals surface area contributed by atoms with E-state index < -0.39 is 10.0 Å². The first-order chi connectivity index (χ1) is 13.8. The molecule has 0 spiro atoms. The summed E-state index contributed by atoms with van der Waals surface area (Å²) in [6, 6.07) is 11.4. The van der Waals surface area contributed by atoms with E-state index in [9.17, 15) is 13.2 Å². The van der Waals surface area contributed by atoms with Crippen molar-refractivity contribution in [3.63, 3.8) is 0 Å². The van der Waals surface area contributed by atoms with Crippen molar-refractivity contribution in [2.24, 2.45) is 0 Å². The molecule has 0 unspecified atom stereocenters. The molecule has 1 saturated heterocycles. The summed E-state index contributed by atoms with van der Waals surface area (Å²) in [6.07, 6.45) is 4.68. The highest BCUT2D eigenvalue weighted by Crippen LogP contribution is 2.31. The summed E-state index contributed by atoms with van der Waals surface area (Å²) in [7, 11) is -0.588. The second kappa shape index (κ2) is 9.15. The fourth-order valence-electron chi connectivity index (χ4n) is 3.38. The summed E-state index contributed by atoms with van der Waals surface area (Å²) in [5.74, 6) is -0.308. The summed E-state index contributed by atoms with van der Waals surface area (Å²) < 4.78 is 25.5. The van der Waals surface area contributed by atoms with Crippen molar-refractivity contribution >= 4 is 38.9 Å². The van der Waals surface area contributed by atoms with Gasteiger partial charge in [0.1, 0.15) is 0 Å². The van der Waals surface area contributed by atoms with Crippen LogP contribution >= 0.6 is 11.6 Å². The first kappa shape index (κ1) is 21.6. The Bertz CT molecular complexity index is 967. The number of anilines is 2. The molecule has 0 aliphatic carbocycles. The number of hydrogen-bond acceptors (Lipinski definition) is 4. The van der Waals surface area contributed by atoms with Crippen LogP contribution in [0.5, 0.6) is 0 Å². The smallest absolute Gasteiger partial charge is 0.255 e. The van der Waals surface area contributed by atoms with E-state index in [0.29, 0.717) is 16.3 Å². The van der Waals surface area contributed by atoms with Crippen LogP contribution in [-0.4, -0.2) is 45.8 Å². The van der Waals surface area contributed by atoms with Gasteiger partial charge in [-0.3, -0.25) is 4.79 Å². The van der Waals surface area contributed by atoms with Gasteiger partial charge >= 0.3 is 0 Å². The molecule has 29 heavy (non-hydrogen) atoms. The third-order valence-electron chi connectivity index (χ3n) is 5.05. The molecule has 2 aromatic rings. The van der Waals surface area contributed by atoms with E-state index >= 15 is 0 Å². The number of hydrogen-bond donors (Lipinski definition) is 1. The Kier molecular flexibility index (Phi) is 6.82. The van der Waals surface area contributed by atoms with Gasteiger partial charge in [0.15, 0.2) is 0 Å². The molecular formula is C21H26ClN3O3S. The standard InChI is InChI=1S/C21H26ClN3O3S/c1-24(2)29(27,28)18-10-7-16(8-11-18)21(26)23-19-15-17(22)9-12-20(19)25-13-5-3-4-6-14-25/h7-12,15H,3-6,13-14H2,1-2H3,(H,23,26). The van der Waals surface area contributed by atoms with E-state index in [1.807, 2.05) is 12.1 Å². The van der Waals surface area contributed by atoms with Gasteiger partial charge in [0.25, 0.3) is 5.91 Å². The molecule has 2 aromatic carbocycles. The Morgan fingerprint density at radius 3 is 2.21 bits per heavy atom. The number of rotatable bonds is 5. The first-order valence-electron chi connectivity index (χ1n) is 9.67. The fourth-order valence-corrected chi connectivity index (χ4v) is 4.45. The van der Waals surface area contributed by atoms with E-state index in [1.54, 1.807) is 6.07 Å². The van der Waals surface area contributed by atoms with Crippen molar-refractivity contribution in [3.8, 4) is 0 Å². The van der Waals surface area contributed by atoms with E-state index in [1.165, 1.54) is 51.2 Å². The molecule has 1 fully saturated rings. The Morgan fingerprint density at radius 1 is 1.00 bits per heavy atom. The zero-order chi connectivity index (χ0) is 21.0. The molecule has 1 aliphatic heterocycles. The van der Waals surface area contributed by atoms with E-state index in [0.717, 1.165) is 35.9 Å². The third-order valence-corrected chi connectivity index (χ3v) is 7.11. The molecular weight excluding hydrogens is 410 g/mol. The summed E-state index contributed by atoms with van der Waals surface area (Å²) in [5.41, 5.74) is 2.00. The van der Waals surface area contributed by atoms with Crippen molar-refractivity contribution in [1.29, 1.82) is 0 Å². The third kappa shape index (κ3) is 5.10. The van der Waals surface area contributed by atoms with Crippen molar-refractivity contribution in [3.05, 3.63) is 53.1 Å². The quantitative estimate of drug-likeness (QED) is 0.763. The molecule has 156 valence electrons. The topological polar surface area (TPSA) is 69.7 Å². The number of nitrogens with zero attached hydrogens (tertiary/aromatic N) is 2. The van der Waals surface area contributed by atoms with Crippen LogP contribution in [0.15, 0.2) is 47.4 Å². The van der Waals surface area contributed by atoms with Crippen molar-refractivity contribution in [2.75, 3.05) is 37.4 Å². The number of halogens is 1. The summed E-state index contributed by atoms with van der Waals surface area (Å²) in [6.45, 7) is 1.89. The van der Waals surface area contributed by atoms with Crippen molar-refractivity contribution < 1.29 is 13.2 Å². The lowest BCUT2D eigenvalue weighted by molar-refractivity contribution is 0.102. The second-order valence-electron chi connectivity index (χ2n) is 7.33. The van der Waals surface area contributed by atoms with Crippen LogP contribution in [0.25, 0.3) is 0 Å². The van der Waals surface area contributed by atoms with E-state index in [2.05, 4.69) is 10.2 Å². The number of carbonyl (C=O) groups excluding carboxylic acids is 1. The Morgan fingerprint density at radius 2 is 1.62 bits per heavy atom. The van der Waals surface area contributed by atoms with Crippen molar-refractivity contribution in [2.45, 2.75) is 30.6 Å². The number of amides is 1. The molecule has 0 atom stereocenters. The van der Waals surface area contributed by atoms with Gasteiger partial charge in [-0.1, -0.05) is 24.4 Å².